The smallest absolute Gasteiger partial charge is 0.349 e. The average molecular weight is 272 g/mol. The molecule has 0 spiro atoms. The first-order chi connectivity index (χ1) is 9.55. The van der Waals surface area contributed by atoms with Gasteiger partial charge in [0.1, 0.15) is 0 Å². The van der Waals surface area contributed by atoms with Crippen LogP contribution in [0.15, 0.2) is 60.7 Å². The summed E-state index contributed by atoms with van der Waals surface area (Å²) in [4.78, 5) is 12.2. The van der Waals surface area contributed by atoms with Crippen LogP contribution in [0, 0.1) is 0 Å². The van der Waals surface area contributed by atoms with Gasteiger partial charge in [-0.25, -0.2) is 4.79 Å². The SMILES string of the molecule is CC(O)OC(=O)C(O)(c1ccccc1)c1ccccc1. The molecule has 0 amide bonds. The lowest BCUT2D eigenvalue weighted by Gasteiger charge is -2.27. The van der Waals surface area contributed by atoms with E-state index < -0.39 is 17.9 Å². The molecule has 0 aliphatic rings. The van der Waals surface area contributed by atoms with Crippen LogP contribution in [-0.4, -0.2) is 22.5 Å². The fourth-order valence-electron chi connectivity index (χ4n) is 2.00. The Bertz CT molecular complexity index is 524. The van der Waals surface area contributed by atoms with Crippen LogP contribution in [0.3, 0.4) is 0 Å². The molecule has 2 N–H and O–H groups in total. The molecule has 0 fully saturated rings. The quantitative estimate of drug-likeness (QED) is 0.658. The van der Waals surface area contributed by atoms with Crippen LogP contribution in [-0.2, 0) is 15.1 Å². The van der Waals surface area contributed by atoms with E-state index in [4.69, 9.17) is 4.74 Å². The Labute approximate surface area is 117 Å². The second-order valence-electron chi connectivity index (χ2n) is 4.45. The fraction of sp³-hybridized carbons (Fsp3) is 0.188. The number of hydrogen-bond donors (Lipinski definition) is 2. The number of benzene rings is 2. The fourth-order valence-corrected chi connectivity index (χ4v) is 2.00. The third-order valence-electron chi connectivity index (χ3n) is 2.96. The monoisotopic (exact) mass is 272 g/mol. The summed E-state index contributed by atoms with van der Waals surface area (Å²) in [5.74, 6) is -0.912. The number of rotatable bonds is 4. The van der Waals surface area contributed by atoms with Gasteiger partial charge in [-0.15, -0.1) is 0 Å². The molecule has 2 rings (SSSR count). The van der Waals surface area contributed by atoms with Gasteiger partial charge in [0.2, 0.25) is 5.60 Å². The number of carbonyl (C=O) groups is 1. The van der Waals surface area contributed by atoms with Crippen molar-refractivity contribution in [2.75, 3.05) is 0 Å². The van der Waals surface area contributed by atoms with Crippen LogP contribution in [0.2, 0.25) is 0 Å². The molecule has 0 aromatic heterocycles. The molecule has 0 bridgehead atoms. The standard InChI is InChI=1S/C16H16O4/c1-12(17)20-15(18)16(19,13-8-4-2-5-9-13)14-10-6-3-7-11-14/h2-12,17,19H,1H3. The van der Waals surface area contributed by atoms with Gasteiger partial charge in [-0.2, -0.15) is 0 Å². The number of aliphatic hydroxyl groups excluding tert-OH is 1. The number of hydrogen-bond acceptors (Lipinski definition) is 4. The number of esters is 1. The molecule has 0 aliphatic carbocycles. The zero-order valence-corrected chi connectivity index (χ0v) is 11.1. The lowest BCUT2D eigenvalue weighted by Crippen LogP contribution is -2.40. The van der Waals surface area contributed by atoms with Crippen molar-refractivity contribution in [1.82, 2.24) is 0 Å². The summed E-state index contributed by atoms with van der Waals surface area (Å²) in [6, 6.07) is 17.0. The Hall–Kier alpha value is -2.17. The zero-order valence-electron chi connectivity index (χ0n) is 11.1. The highest BCUT2D eigenvalue weighted by atomic mass is 16.6. The predicted molar refractivity (Wildman–Crippen MR) is 73.7 cm³/mol. The first-order valence-corrected chi connectivity index (χ1v) is 6.27. The lowest BCUT2D eigenvalue weighted by atomic mass is 9.86. The van der Waals surface area contributed by atoms with Gasteiger partial charge in [0, 0.05) is 0 Å². The highest BCUT2D eigenvalue weighted by Gasteiger charge is 2.42. The summed E-state index contributed by atoms with van der Waals surface area (Å²) in [7, 11) is 0. The third kappa shape index (κ3) is 2.71. The molecule has 2 aromatic rings. The van der Waals surface area contributed by atoms with Crippen molar-refractivity contribution in [3.05, 3.63) is 71.8 Å². The number of aliphatic hydroxyl groups is 2. The Morgan fingerprint density at radius 2 is 1.40 bits per heavy atom. The van der Waals surface area contributed by atoms with Gasteiger partial charge in [0.15, 0.2) is 6.29 Å². The third-order valence-corrected chi connectivity index (χ3v) is 2.96. The van der Waals surface area contributed by atoms with Gasteiger partial charge in [-0.1, -0.05) is 60.7 Å². The van der Waals surface area contributed by atoms with Crippen molar-refractivity contribution < 1.29 is 19.7 Å². The van der Waals surface area contributed by atoms with E-state index in [-0.39, 0.29) is 0 Å². The highest BCUT2D eigenvalue weighted by molar-refractivity contribution is 5.85. The van der Waals surface area contributed by atoms with E-state index >= 15 is 0 Å². The molecule has 1 unspecified atom stereocenters. The van der Waals surface area contributed by atoms with Crippen molar-refractivity contribution in [3.63, 3.8) is 0 Å². The van der Waals surface area contributed by atoms with Gasteiger partial charge in [0.25, 0.3) is 0 Å². The first kappa shape index (κ1) is 14.2. The summed E-state index contributed by atoms with van der Waals surface area (Å²) in [5.41, 5.74) is -1.17. The second-order valence-corrected chi connectivity index (χ2v) is 4.45. The Morgan fingerprint density at radius 3 is 1.75 bits per heavy atom. The van der Waals surface area contributed by atoms with Gasteiger partial charge in [-0.05, 0) is 18.1 Å². The topological polar surface area (TPSA) is 66.8 Å². The summed E-state index contributed by atoms with van der Waals surface area (Å²) >= 11 is 0. The average Bonchev–Trinajstić information content (AvgIpc) is 2.47. The number of ether oxygens (including phenoxy) is 1. The van der Waals surface area contributed by atoms with Crippen molar-refractivity contribution in [2.24, 2.45) is 0 Å². The predicted octanol–water partition coefficient (Wildman–Crippen LogP) is 1.80. The maximum atomic E-state index is 12.2. The summed E-state index contributed by atoms with van der Waals surface area (Å²) in [5, 5.41) is 20.1. The normalized spacial score (nSPS) is 12.8. The van der Waals surface area contributed by atoms with E-state index in [9.17, 15) is 15.0 Å². The molecule has 104 valence electrons. The Balaban J connectivity index is 2.52. The molecular formula is C16H16O4. The molecule has 1 atom stereocenters. The van der Waals surface area contributed by atoms with Crippen LogP contribution in [0.1, 0.15) is 18.1 Å². The van der Waals surface area contributed by atoms with E-state index in [1.54, 1.807) is 60.7 Å². The molecule has 0 radical (unpaired) electrons. The van der Waals surface area contributed by atoms with Crippen LogP contribution < -0.4 is 0 Å². The van der Waals surface area contributed by atoms with E-state index in [0.717, 1.165) is 0 Å². The molecule has 2 aromatic carbocycles. The van der Waals surface area contributed by atoms with Crippen molar-refractivity contribution in [2.45, 2.75) is 18.8 Å². The van der Waals surface area contributed by atoms with Crippen LogP contribution in [0.4, 0.5) is 0 Å². The summed E-state index contributed by atoms with van der Waals surface area (Å²) in [6.45, 7) is 1.31. The summed E-state index contributed by atoms with van der Waals surface area (Å²) in [6.07, 6.45) is -1.29. The molecule has 4 nitrogen and oxygen atoms in total. The van der Waals surface area contributed by atoms with Crippen LogP contribution in [0.25, 0.3) is 0 Å². The molecule has 20 heavy (non-hydrogen) atoms. The maximum absolute atomic E-state index is 12.2. The minimum Gasteiger partial charge on any atom is -0.434 e. The van der Waals surface area contributed by atoms with Crippen molar-refractivity contribution in [3.8, 4) is 0 Å². The van der Waals surface area contributed by atoms with Gasteiger partial charge in [0.05, 0.1) is 0 Å². The van der Waals surface area contributed by atoms with E-state index in [2.05, 4.69) is 0 Å². The molecule has 0 heterocycles. The lowest BCUT2D eigenvalue weighted by molar-refractivity contribution is -0.183. The molecule has 4 heteroatoms. The maximum Gasteiger partial charge on any atom is 0.349 e. The largest absolute Gasteiger partial charge is 0.434 e. The van der Waals surface area contributed by atoms with Crippen molar-refractivity contribution in [1.29, 1.82) is 0 Å². The number of carbonyl (C=O) groups excluding carboxylic acids is 1. The molecule has 0 saturated heterocycles. The Morgan fingerprint density at radius 1 is 1.00 bits per heavy atom. The molecule has 0 saturated carbocycles. The Kier molecular flexibility index (Phi) is 4.17. The highest BCUT2D eigenvalue weighted by Crippen LogP contribution is 2.31. The molecular weight excluding hydrogens is 256 g/mol. The zero-order chi connectivity index (χ0) is 14.6. The second kappa shape index (κ2) is 5.86. The van der Waals surface area contributed by atoms with Crippen LogP contribution >= 0.6 is 0 Å². The molecule has 0 aliphatic heterocycles. The van der Waals surface area contributed by atoms with Gasteiger partial charge >= 0.3 is 5.97 Å². The van der Waals surface area contributed by atoms with Gasteiger partial charge in [-0.3, -0.25) is 0 Å². The van der Waals surface area contributed by atoms with Gasteiger partial charge < -0.3 is 14.9 Å². The minimum absolute atomic E-state index is 0.386. The van der Waals surface area contributed by atoms with Crippen molar-refractivity contribution >= 4 is 5.97 Å². The van der Waals surface area contributed by atoms with E-state index in [1.807, 2.05) is 0 Å². The minimum atomic E-state index is -1.94. The van der Waals surface area contributed by atoms with Crippen LogP contribution in [0.5, 0.6) is 0 Å². The van der Waals surface area contributed by atoms with E-state index in [1.165, 1.54) is 6.92 Å². The first-order valence-electron chi connectivity index (χ1n) is 6.27. The van der Waals surface area contributed by atoms with E-state index in [0.29, 0.717) is 11.1 Å². The summed E-state index contributed by atoms with van der Waals surface area (Å²) < 4.78 is 4.79.